The zero-order chi connectivity index (χ0) is 8.32. The van der Waals surface area contributed by atoms with Crippen molar-refractivity contribution in [1.82, 2.24) is 4.72 Å². The quantitative estimate of drug-likeness (QED) is 0.625. The third-order valence-corrected chi connectivity index (χ3v) is 3.20. The molecule has 0 spiro atoms. The van der Waals surface area contributed by atoms with Crippen LogP contribution in [0.4, 0.5) is 4.39 Å². The van der Waals surface area contributed by atoms with Crippen molar-refractivity contribution in [3.63, 3.8) is 0 Å². The molecule has 1 saturated heterocycles. The standard InChI is InChI=1S/C5H10FNO3S/c6-1-2-7-11(8,9)5-3-10-4-5/h5,7H,1-4H2. The van der Waals surface area contributed by atoms with Gasteiger partial charge in [0, 0.05) is 6.54 Å². The molecular formula is C5H10FNO3S. The third kappa shape index (κ3) is 2.11. The minimum absolute atomic E-state index is 0.140. The van der Waals surface area contributed by atoms with Crippen LogP contribution in [0, 0.1) is 0 Å². The van der Waals surface area contributed by atoms with Crippen molar-refractivity contribution >= 4 is 10.0 Å². The Morgan fingerprint density at radius 1 is 1.55 bits per heavy atom. The van der Waals surface area contributed by atoms with Crippen molar-refractivity contribution in [2.24, 2.45) is 0 Å². The summed E-state index contributed by atoms with van der Waals surface area (Å²) in [4.78, 5) is 0. The highest BCUT2D eigenvalue weighted by atomic mass is 32.2. The second kappa shape index (κ2) is 3.46. The number of nitrogens with one attached hydrogen (secondary N) is 1. The average Bonchev–Trinajstić information content (AvgIpc) is 1.78. The van der Waals surface area contributed by atoms with Gasteiger partial charge in [0.05, 0.1) is 13.2 Å². The molecule has 0 unspecified atom stereocenters. The van der Waals surface area contributed by atoms with Gasteiger partial charge in [0.25, 0.3) is 0 Å². The smallest absolute Gasteiger partial charge is 0.219 e. The van der Waals surface area contributed by atoms with Gasteiger partial charge in [0.15, 0.2) is 0 Å². The molecule has 0 aromatic carbocycles. The first kappa shape index (κ1) is 8.89. The molecule has 1 aliphatic heterocycles. The summed E-state index contributed by atoms with van der Waals surface area (Å²) in [6.07, 6.45) is 0. The number of rotatable bonds is 4. The van der Waals surface area contributed by atoms with Gasteiger partial charge in [0.2, 0.25) is 10.0 Å². The molecule has 0 bridgehead atoms. The van der Waals surface area contributed by atoms with Crippen molar-refractivity contribution in [1.29, 1.82) is 0 Å². The van der Waals surface area contributed by atoms with Crippen LogP contribution in [0.3, 0.4) is 0 Å². The monoisotopic (exact) mass is 183 g/mol. The molecule has 0 saturated carbocycles. The van der Waals surface area contributed by atoms with Crippen molar-refractivity contribution in [2.45, 2.75) is 5.25 Å². The van der Waals surface area contributed by atoms with Gasteiger partial charge in [-0.25, -0.2) is 17.5 Å². The lowest BCUT2D eigenvalue weighted by Crippen LogP contribution is -2.47. The second-order valence-electron chi connectivity index (χ2n) is 2.29. The van der Waals surface area contributed by atoms with E-state index in [9.17, 15) is 12.8 Å². The lowest BCUT2D eigenvalue weighted by Gasteiger charge is -2.25. The fourth-order valence-corrected chi connectivity index (χ4v) is 1.84. The van der Waals surface area contributed by atoms with Crippen LogP contribution in [-0.2, 0) is 14.8 Å². The minimum atomic E-state index is -3.30. The van der Waals surface area contributed by atoms with Crippen molar-refractivity contribution in [2.75, 3.05) is 26.4 Å². The van der Waals surface area contributed by atoms with Crippen LogP contribution in [0.25, 0.3) is 0 Å². The predicted molar refractivity (Wildman–Crippen MR) is 37.5 cm³/mol. The van der Waals surface area contributed by atoms with Gasteiger partial charge < -0.3 is 4.74 Å². The zero-order valence-corrected chi connectivity index (χ0v) is 6.73. The van der Waals surface area contributed by atoms with Gasteiger partial charge in [-0.15, -0.1) is 0 Å². The molecule has 0 aliphatic carbocycles. The number of hydrogen-bond acceptors (Lipinski definition) is 3. The van der Waals surface area contributed by atoms with Gasteiger partial charge in [0.1, 0.15) is 11.9 Å². The molecule has 1 fully saturated rings. The molecule has 0 aromatic heterocycles. The van der Waals surface area contributed by atoms with Gasteiger partial charge in [-0.3, -0.25) is 0 Å². The van der Waals surface area contributed by atoms with Gasteiger partial charge >= 0.3 is 0 Å². The summed E-state index contributed by atoms with van der Waals surface area (Å²) < 4.78 is 40.4. The Bertz CT molecular complexity index is 212. The second-order valence-corrected chi connectivity index (χ2v) is 4.33. The van der Waals surface area contributed by atoms with Crippen LogP contribution in [0.15, 0.2) is 0 Å². The molecule has 0 atom stereocenters. The number of hydrogen-bond donors (Lipinski definition) is 1. The summed E-state index contributed by atoms with van der Waals surface area (Å²) in [5.74, 6) is 0. The lowest BCUT2D eigenvalue weighted by atomic mass is 10.4. The molecule has 0 aromatic rings. The Balaban J connectivity index is 2.39. The fourth-order valence-electron chi connectivity index (χ4n) is 0.692. The minimum Gasteiger partial charge on any atom is -0.378 e. The first-order chi connectivity index (χ1) is 5.17. The highest BCUT2D eigenvalue weighted by Gasteiger charge is 2.31. The van der Waals surface area contributed by atoms with E-state index in [2.05, 4.69) is 9.46 Å². The van der Waals surface area contributed by atoms with Crippen LogP contribution in [0.1, 0.15) is 0 Å². The Labute approximate surface area is 64.8 Å². The molecule has 66 valence electrons. The molecule has 1 N–H and O–H groups in total. The zero-order valence-electron chi connectivity index (χ0n) is 5.92. The molecule has 0 radical (unpaired) electrons. The van der Waals surface area contributed by atoms with E-state index < -0.39 is 21.9 Å². The Morgan fingerprint density at radius 2 is 2.18 bits per heavy atom. The van der Waals surface area contributed by atoms with Gasteiger partial charge in [-0.2, -0.15) is 0 Å². The van der Waals surface area contributed by atoms with E-state index in [0.717, 1.165) is 0 Å². The third-order valence-electron chi connectivity index (χ3n) is 1.44. The highest BCUT2D eigenvalue weighted by molar-refractivity contribution is 7.90. The number of halogens is 1. The van der Waals surface area contributed by atoms with E-state index in [1.54, 1.807) is 0 Å². The Morgan fingerprint density at radius 3 is 2.55 bits per heavy atom. The SMILES string of the molecule is O=S(=O)(NCCF)C1COC1. The lowest BCUT2D eigenvalue weighted by molar-refractivity contribution is 0.0411. The number of alkyl halides is 1. The maximum atomic E-state index is 11.6. The van der Waals surface area contributed by atoms with E-state index >= 15 is 0 Å². The van der Waals surface area contributed by atoms with Crippen LogP contribution in [0.2, 0.25) is 0 Å². The summed E-state index contributed by atoms with van der Waals surface area (Å²) in [5.41, 5.74) is 0. The van der Waals surface area contributed by atoms with Crippen LogP contribution >= 0.6 is 0 Å². The Hall–Kier alpha value is -0.200. The van der Waals surface area contributed by atoms with E-state index in [4.69, 9.17) is 0 Å². The molecule has 6 heteroatoms. The summed E-state index contributed by atoms with van der Waals surface area (Å²) >= 11 is 0. The summed E-state index contributed by atoms with van der Waals surface area (Å²) in [7, 11) is -3.30. The molecular weight excluding hydrogens is 173 g/mol. The first-order valence-electron chi connectivity index (χ1n) is 3.29. The summed E-state index contributed by atoms with van der Waals surface area (Å²) in [6.45, 7) is -0.366. The molecule has 4 nitrogen and oxygen atoms in total. The van der Waals surface area contributed by atoms with Crippen LogP contribution < -0.4 is 4.72 Å². The normalized spacial score (nSPS) is 19.7. The molecule has 1 heterocycles. The van der Waals surface area contributed by atoms with E-state index in [-0.39, 0.29) is 19.8 Å². The van der Waals surface area contributed by atoms with Crippen LogP contribution in [0.5, 0.6) is 0 Å². The van der Waals surface area contributed by atoms with Crippen molar-refractivity contribution in [3.8, 4) is 0 Å². The first-order valence-corrected chi connectivity index (χ1v) is 4.83. The molecule has 11 heavy (non-hydrogen) atoms. The summed E-state index contributed by atoms with van der Waals surface area (Å²) in [5, 5.41) is -0.478. The van der Waals surface area contributed by atoms with E-state index in [1.165, 1.54) is 0 Å². The maximum absolute atomic E-state index is 11.6. The molecule has 1 aliphatic rings. The largest absolute Gasteiger partial charge is 0.378 e. The van der Waals surface area contributed by atoms with E-state index in [1.807, 2.05) is 0 Å². The summed E-state index contributed by atoms with van der Waals surface area (Å²) in [6, 6.07) is 0. The number of sulfonamides is 1. The van der Waals surface area contributed by atoms with Gasteiger partial charge in [-0.1, -0.05) is 0 Å². The highest BCUT2D eigenvalue weighted by Crippen LogP contribution is 2.09. The molecule has 0 amide bonds. The number of ether oxygens (including phenoxy) is 1. The topological polar surface area (TPSA) is 55.4 Å². The average molecular weight is 183 g/mol. The van der Waals surface area contributed by atoms with Crippen molar-refractivity contribution in [3.05, 3.63) is 0 Å². The predicted octanol–water partition coefficient (Wildman–Crippen LogP) is -0.726. The van der Waals surface area contributed by atoms with Crippen molar-refractivity contribution < 1.29 is 17.5 Å². The fraction of sp³-hybridized carbons (Fsp3) is 1.00. The maximum Gasteiger partial charge on any atom is 0.219 e. The molecule has 1 rings (SSSR count). The Kier molecular flexibility index (Phi) is 2.80. The van der Waals surface area contributed by atoms with E-state index in [0.29, 0.717) is 0 Å². The van der Waals surface area contributed by atoms with Gasteiger partial charge in [-0.05, 0) is 0 Å². The van der Waals surface area contributed by atoms with Crippen LogP contribution in [-0.4, -0.2) is 40.1 Å².